The van der Waals surface area contributed by atoms with Crippen molar-refractivity contribution in [1.82, 2.24) is 0 Å². The van der Waals surface area contributed by atoms with E-state index >= 15 is 0 Å². The highest BCUT2D eigenvalue weighted by atomic mass is 35.5. The highest BCUT2D eigenvalue weighted by Gasteiger charge is 2.46. The third-order valence-electron chi connectivity index (χ3n) is 4.99. The van der Waals surface area contributed by atoms with Crippen LogP contribution in [-0.4, -0.2) is 23.8 Å². The van der Waals surface area contributed by atoms with Crippen LogP contribution in [0.5, 0.6) is 0 Å². The molecule has 33 heavy (non-hydrogen) atoms. The Balaban J connectivity index is 1.72. The van der Waals surface area contributed by atoms with Gasteiger partial charge in [0.2, 0.25) is 0 Å². The average molecular weight is 512 g/mol. The molecule has 1 aliphatic rings. The number of halogens is 4. The highest BCUT2D eigenvalue weighted by Crippen LogP contribution is 2.47. The molecule has 0 bridgehead atoms. The number of benzene rings is 2. The van der Waals surface area contributed by atoms with Crippen molar-refractivity contribution in [1.29, 1.82) is 0 Å². The van der Waals surface area contributed by atoms with Gasteiger partial charge in [-0.25, -0.2) is 4.79 Å². The summed E-state index contributed by atoms with van der Waals surface area (Å²) in [5, 5.41) is 17.3. The van der Waals surface area contributed by atoms with Crippen molar-refractivity contribution in [2.75, 3.05) is 11.9 Å². The zero-order valence-corrected chi connectivity index (χ0v) is 19.2. The Morgan fingerprint density at radius 3 is 2.61 bits per heavy atom. The molecule has 4 nitrogen and oxygen atoms in total. The van der Waals surface area contributed by atoms with Crippen LogP contribution < -0.4 is 5.32 Å². The Labute approximate surface area is 201 Å². The smallest absolute Gasteiger partial charge is 0.405 e. The first-order valence-corrected chi connectivity index (χ1v) is 11.8. The molecule has 1 atom stereocenters. The molecule has 2 N–H and O–H groups in total. The van der Waals surface area contributed by atoms with E-state index in [1.54, 1.807) is 53.2 Å². The summed E-state index contributed by atoms with van der Waals surface area (Å²) in [4.78, 5) is 13.7. The minimum Gasteiger partial charge on any atom is -0.511 e. The number of thioether (sulfide) groups is 1. The lowest BCUT2D eigenvalue weighted by molar-refractivity contribution is -0.154. The lowest BCUT2D eigenvalue weighted by Crippen LogP contribution is -2.38. The van der Waals surface area contributed by atoms with Crippen molar-refractivity contribution in [2.45, 2.75) is 23.1 Å². The maximum absolute atomic E-state index is 13.1. The molecular formula is C23H17ClF3NO3S2. The van der Waals surface area contributed by atoms with E-state index in [-0.39, 0.29) is 22.8 Å². The quantitative estimate of drug-likeness (QED) is 0.345. The molecule has 1 aromatic heterocycles. The summed E-state index contributed by atoms with van der Waals surface area (Å²) in [7, 11) is 0. The molecule has 10 heteroatoms. The maximum atomic E-state index is 13.1. The SMILES string of the molecule is O=C1OC(c2ccsc2)(c2cccc(NCC(F)(F)F)c2)CC(O)=C1Sc1ccccc1Cl. The van der Waals surface area contributed by atoms with E-state index < -0.39 is 24.3 Å². The van der Waals surface area contributed by atoms with Crippen LogP contribution in [0.1, 0.15) is 17.5 Å². The molecule has 172 valence electrons. The predicted octanol–water partition coefficient (Wildman–Crippen LogP) is 7.13. The first kappa shape index (κ1) is 23.5. The zero-order valence-electron chi connectivity index (χ0n) is 16.9. The number of rotatable bonds is 6. The molecule has 1 unspecified atom stereocenters. The number of hydrogen-bond acceptors (Lipinski definition) is 6. The number of carbonyl (C=O) groups excluding carboxylic acids is 1. The molecule has 0 radical (unpaired) electrons. The summed E-state index contributed by atoms with van der Waals surface area (Å²) in [5.74, 6) is -0.931. The van der Waals surface area contributed by atoms with E-state index in [2.05, 4.69) is 5.32 Å². The summed E-state index contributed by atoms with van der Waals surface area (Å²) in [6, 6.07) is 14.9. The fourth-order valence-electron chi connectivity index (χ4n) is 3.48. The summed E-state index contributed by atoms with van der Waals surface area (Å²) in [6.45, 7) is -1.20. The first-order valence-electron chi connectivity index (χ1n) is 9.70. The topological polar surface area (TPSA) is 58.6 Å². The van der Waals surface area contributed by atoms with Crippen molar-refractivity contribution >= 4 is 46.4 Å². The number of alkyl halides is 3. The number of aliphatic hydroxyl groups excluding tert-OH is 1. The summed E-state index contributed by atoms with van der Waals surface area (Å²) in [5.41, 5.74) is -0.117. The zero-order chi connectivity index (χ0) is 23.6. The van der Waals surface area contributed by atoms with E-state index in [9.17, 15) is 23.1 Å². The third kappa shape index (κ3) is 5.15. The highest BCUT2D eigenvalue weighted by molar-refractivity contribution is 8.04. The second kappa shape index (κ2) is 9.32. The van der Waals surface area contributed by atoms with Gasteiger partial charge in [0.15, 0.2) is 5.60 Å². The van der Waals surface area contributed by atoms with Crippen LogP contribution in [0.3, 0.4) is 0 Å². The summed E-state index contributed by atoms with van der Waals surface area (Å²) < 4.78 is 43.9. The largest absolute Gasteiger partial charge is 0.511 e. The van der Waals surface area contributed by atoms with E-state index in [0.717, 1.165) is 11.8 Å². The third-order valence-corrected chi connectivity index (χ3v) is 7.30. The number of esters is 1. The maximum Gasteiger partial charge on any atom is 0.405 e. The molecule has 1 aliphatic heterocycles. The van der Waals surface area contributed by atoms with Gasteiger partial charge in [0.05, 0.1) is 11.4 Å². The van der Waals surface area contributed by atoms with E-state index in [0.29, 0.717) is 21.0 Å². The van der Waals surface area contributed by atoms with Crippen molar-refractivity contribution in [3.05, 3.63) is 92.2 Å². The van der Waals surface area contributed by atoms with Crippen molar-refractivity contribution < 1.29 is 27.8 Å². The van der Waals surface area contributed by atoms with Gasteiger partial charge in [-0.1, -0.05) is 47.6 Å². The molecule has 4 rings (SSSR count). The fraction of sp³-hybridized carbons (Fsp3) is 0.174. The fourth-order valence-corrected chi connectivity index (χ4v) is 5.30. The van der Waals surface area contributed by atoms with Gasteiger partial charge < -0.3 is 15.2 Å². The molecule has 0 aliphatic carbocycles. The van der Waals surface area contributed by atoms with Gasteiger partial charge in [0, 0.05) is 21.7 Å². The Kier molecular flexibility index (Phi) is 6.65. The van der Waals surface area contributed by atoms with Gasteiger partial charge in [-0.2, -0.15) is 24.5 Å². The molecule has 0 amide bonds. The van der Waals surface area contributed by atoms with Gasteiger partial charge in [-0.3, -0.25) is 0 Å². The van der Waals surface area contributed by atoms with Gasteiger partial charge in [-0.15, -0.1) is 0 Å². The number of carbonyl (C=O) groups is 1. The Morgan fingerprint density at radius 2 is 1.94 bits per heavy atom. The van der Waals surface area contributed by atoms with Crippen LogP contribution in [0, 0.1) is 0 Å². The second-order valence-corrected chi connectivity index (χ2v) is 9.50. The first-order chi connectivity index (χ1) is 15.7. The summed E-state index contributed by atoms with van der Waals surface area (Å²) >= 11 is 8.57. The van der Waals surface area contributed by atoms with Crippen LogP contribution >= 0.6 is 34.7 Å². The normalized spacial score (nSPS) is 18.8. The van der Waals surface area contributed by atoms with Gasteiger partial charge in [0.25, 0.3) is 0 Å². The average Bonchev–Trinajstić information content (AvgIpc) is 3.31. The molecule has 0 saturated heterocycles. The van der Waals surface area contributed by atoms with Crippen LogP contribution in [0.4, 0.5) is 18.9 Å². The number of anilines is 1. The van der Waals surface area contributed by atoms with Crippen molar-refractivity contribution in [2.24, 2.45) is 0 Å². The van der Waals surface area contributed by atoms with Crippen LogP contribution in [0.25, 0.3) is 0 Å². The van der Waals surface area contributed by atoms with Gasteiger partial charge in [0.1, 0.15) is 17.2 Å². The molecule has 0 fully saturated rings. The number of thiophene rings is 1. The van der Waals surface area contributed by atoms with Crippen LogP contribution in [-0.2, 0) is 15.1 Å². The Hall–Kier alpha value is -2.62. The van der Waals surface area contributed by atoms with E-state index in [4.69, 9.17) is 16.3 Å². The van der Waals surface area contributed by atoms with E-state index in [1.807, 2.05) is 0 Å². The molecule has 0 saturated carbocycles. The van der Waals surface area contributed by atoms with Crippen molar-refractivity contribution in [3.8, 4) is 0 Å². The van der Waals surface area contributed by atoms with Gasteiger partial charge in [-0.05, 0) is 41.1 Å². The molecule has 2 heterocycles. The molecule has 0 spiro atoms. The number of aliphatic hydroxyl groups is 1. The predicted molar refractivity (Wildman–Crippen MR) is 124 cm³/mol. The summed E-state index contributed by atoms with van der Waals surface area (Å²) in [6.07, 6.45) is -4.46. The van der Waals surface area contributed by atoms with Crippen LogP contribution in [0.15, 0.2) is 80.9 Å². The minimum absolute atomic E-state index is 0.0142. The Bertz CT molecular complexity index is 1200. The van der Waals surface area contributed by atoms with Crippen LogP contribution in [0.2, 0.25) is 5.02 Å². The molecular weight excluding hydrogens is 495 g/mol. The number of cyclic esters (lactones) is 1. The monoisotopic (exact) mass is 511 g/mol. The Morgan fingerprint density at radius 1 is 1.15 bits per heavy atom. The van der Waals surface area contributed by atoms with Gasteiger partial charge >= 0.3 is 12.1 Å². The second-order valence-electron chi connectivity index (χ2n) is 7.26. The van der Waals surface area contributed by atoms with E-state index in [1.165, 1.54) is 23.5 Å². The number of hydrogen-bond donors (Lipinski definition) is 2. The molecule has 2 aromatic carbocycles. The number of nitrogens with one attached hydrogen (secondary N) is 1. The standard InChI is InChI=1S/C23H17ClF3NO3S2/c24-17-6-1-2-7-19(17)33-20-18(29)11-22(31-21(20)30,15-8-9-32-12-15)14-4-3-5-16(10-14)28-13-23(25,26)27/h1-10,12,28-29H,11,13H2. The number of ether oxygens (including phenoxy) is 1. The van der Waals surface area contributed by atoms with Crippen molar-refractivity contribution in [3.63, 3.8) is 0 Å². The lowest BCUT2D eigenvalue weighted by atomic mass is 9.82. The minimum atomic E-state index is -4.38. The molecule has 3 aromatic rings. The lowest BCUT2D eigenvalue weighted by Gasteiger charge is -2.37.